The van der Waals surface area contributed by atoms with Crippen LogP contribution in [0.3, 0.4) is 0 Å². The van der Waals surface area contributed by atoms with Gasteiger partial charge in [0, 0.05) is 19.0 Å². The van der Waals surface area contributed by atoms with Crippen LogP contribution in [0.25, 0.3) is 0 Å². The van der Waals surface area contributed by atoms with Crippen molar-refractivity contribution in [2.75, 3.05) is 32.8 Å². The first-order chi connectivity index (χ1) is 15.1. The van der Waals surface area contributed by atoms with Gasteiger partial charge in [0.05, 0.1) is 19.7 Å². The molecule has 1 aromatic heterocycles. The summed E-state index contributed by atoms with van der Waals surface area (Å²) >= 11 is 0. The first-order valence-electron chi connectivity index (χ1n) is 11.0. The second-order valence-electron chi connectivity index (χ2n) is 8.02. The van der Waals surface area contributed by atoms with Crippen molar-refractivity contribution >= 4 is 11.8 Å². The number of carbonyl (C=O) groups is 2. The largest absolute Gasteiger partial charge is 0.491 e. The molecule has 0 radical (unpaired) electrons. The Morgan fingerprint density at radius 1 is 1.26 bits per heavy atom. The van der Waals surface area contributed by atoms with Gasteiger partial charge in [0.2, 0.25) is 0 Å². The molecule has 1 aromatic carbocycles. The summed E-state index contributed by atoms with van der Waals surface area (Å²) in [6.07, 6.45) is 3.78. The highest BCUT2D eigenvalue weighted by atomic mass is 16.5. The first kappa shape index (κ1) is 21.4. The summed E-state index contributed by atoms with van der Waals surface area (Å²) in [6, 6.07) is 9.68. The van der Waals surface area contributed by atoms with Crippen molar-refractivity contribution in [1.82, 2.24) is 15.4 Å². The maximum absolute atomic E-state index is 13.1. The zero-order valence-electron chi connectivity index (χ0n) is 17.9. The van der Waals surface area contributed by atoms with Gasteiger partial charge in [-0.3, -0.25) is 9.59 Å². The number of amides is 2. The molecule has 1 unspecified atom stereocenters. The number of carbonyl (C=O) groups excluding carboxylic acids is 2. The van der Waals surface area contributed by atoms with Gasteiger partial charge in [0.1, 0.15) is 18.1 Å². The minimum atomic E-state index is -1.07. The number of benzene rings is 1. The van der Waals surface area contributed by atoms with Gasteiger partial charge >= 0.3 is 0 Å². The molecular weight excluding hydrogens is 398 g/mol. The van der Waals surface area contributed by atoms with Gasteiger partial charge in [0.15, 0.2) is 11.3 Å². The second-order valence-corrected chi connectivity index (χ2v) is 8.02. The Labute approximate surface area is 181 Å². The van der Waals surface area contributed by atoms with E-state index in [2.05, 4.69) is 16.5 Å². The Hall–Kier alpha value is -2.87. The number of nitrogens with zero attached hydrogens (tertiary/aromatic N) is 2. The van der Waals surface area contributed by atoms with Crippen molar-refractivity contribution in [3.8, 4) is 5.75 Å². The number of para-hydroxylation sites is 1. The molecule has 2 aliphatic rings. The van der Waals surface area contributed by atoms with E-state index in [1.165, 1.54) is 5.56 Å². The number of rotatable bonds is 2. The highest BCUT2D eigenvalue weighted by Gasteiger charge is 2.44. The summed E-state index contributed by atoms with van der Waals surface area (Å²) in [5.74, 6) is 1.10. The molecule has 2 amide bonds. The van der Waals surface area contributed by atoms with Crippen LogP contribution in [0.4, 0.5) is 0 Å². The van der Waals surface area contributed by atoms with Crippen LogP contribution in [0.2, 0.25) is 0 Å². The summed E-state index contributed by atoms with van der Waals surface area (Å²) in [5.41, 5.74) is 0.374. The summed E-state index contributed by atoms with van der Waals surface area (Å²) in [4.78, 5) is 27.8. The van der Waals surface area contributed by atoms with E-state index < -0.39 is 5.60 Å². The molecule has 2 aliphatic heterocycles. The predicted octanol–water partition coefficient (Wildman–Crippen LogP) is 2.37. The summed E-state index contributed by atoms with van der Waals surface area (Å²) in [7, 11) is 0. The number of fused-ring (bicyclic) bond motifs is 1. The van der Waals surface area contributed by atoms with Crippen LogP contribution < -0.4 is 10.1 Å². The molecule has 1 spiro atoms. The first-order valence-corrected chi connectivity index (χ1v) is 11.0. The number of aryl methyl sites for hydroxylation is 2. The van der Waals surface area contributed by atoms with Crippen molar-refractivity contribution in [2.24, 2.45) is 0 Å². The average Bonchev–Trinajstić information content (AvgIpc) is 3.28. The average molecular weight is 428 g/mol. The molecule has 3 heterocycles. The van der Waals surface area contributed by atoms with Gasteiger partial charge in [-0.15, -0.1) is 0 Å². The Kier molecular flexibility index (Phi) is 6.56. The van der Waals surface area contributed by atoms with Crippen LogP contribution in [0.5, 0.6) is 5.75 Å². The zero-order valence-corrected chi connectivity index (χ0v) is 17.9. The normalized spacial score (nSPS) is 22.6. The van der Waals surface area contributed by atoms with Crippen LogP contribution >= 0.6 is 0 Å². The molecule has 166 valence electrons. The third kappa shape index (κ3) is 4.74. The lowest BCUT2D eigenvalue weighted by molar-refractivity contribution is -0.159. The monoisotopic (exact) mass is 427 g/mol. The minimum Gasteiger partial charge on any atom is -0.491 e. The van der Waals surface area contributed by atoms with Gasteiger partial charge in [-0.25, -0.2) is 0 Å². The van der Waals surface area contributed by atoms with Gasteiger partial charge in [-0.2, -0.15) is 0 Å². The SMILES string of the molecule is CCc1cc(C(=O)N2CCOC3(CCCCc4ccccc4OCCNC3=O)C2)no1. The molecular formula is C23H29N3O5. The number of aromatic nitrogens is 1. The summed E-state index contributed by atoms with van der Waals surface area (Å²) < 4.78 is 17.1. The van der Waals surface area contributed by atoms with E-state index in [0.717, 1.165) is 25.0 Å². The lowest BCUT2D eigenvalue weighted by Gasteiger charge is -2.41. The van der Waals surface area contributed by atoms with Gasteiger partial charge < -0.3 is 24.2 Å². The summed E-state index contributed by atoms with van der Waals surface area (Å²) in [6.45, 7) is 3.60. The number of hydrogen-bond donors (Lipinski definition) is 1. The second kappa shape index (κ2) is 9.51. The van der Waals surface area contributed by atoms with Gasteiger partial charge in [-0.05, 0) is 37.3 Å². The molecule has 1 atom stereocenters. The lowest BCUT2D eigenvalue weighted by Crippen LogP contribution is -2.61. The van der Waals surface area contributed by atoms with Gasteiger partial charge in [0.25, 0.3) is 11.8 Å². The Morgan fingerprint density at radius 2 is 2.13 bits per heavy atom. The van der Waals surface area contributed by atoms with Crippen LogP contribution in [0.15, 0.2) is 34.9 Å². The fourth-order valence-electron chi connectivity index (χ4n) is 4.17. The number of morpholine rings is 1. The van der Waals surface area contributed by atoms with E-state index in [1.807, 2.05) is 25.1 Å². The Bertz CT molecular complexity index is 927. The fourth-order valence-corrected chi connectivity index (χ4v) is 4.17. The predicted molar refractivity (Wildman–Crippen MR) is 113 cm³/mol. The number of nitrogens with one attached hydrogen (secondary N) is 1. The smallest absolute Gasteiger partial charge is 0.276 e. The van der Waals surface area contributed by atoms with Crippen LogP contribution in [0.1, 0.15) is 48.0 Å². The molecule has 8 heteroatoms. The maximum atomic E-state index is 13.1. The Morgan fingerprint density at radius 3 is 2.97 bits per heavy atom. The fraction of sp³-hybridized carbons (Fsp3) is 0.522. The quantitative estimate of drug-likeness (QED) is 0.791. The van der Waals surface area contributed by atoms with Gasteiger partial charge in [-0.1, -0.05) is 30.3 Å². The number of hydrogen-bond acceptors (Lipinski definition) is 6. The van der Waals surface area contributed by atoms with E-state index in [9.17, 15) is 9.59 Å². The zero-order chi connectivity index (χ0) is 21.7. The molecule has 1 N–H and O–H groups in total. The van der Waals surface area contributed by atoms with E-state index in [1.54, 1.807) is 11.0 Å². The van der Waals surface area contributed by atoms with Crippen LogP contribution in [-0.2, 0) is 22.4 Å². The lowest BCUT2D eigenvalue weighted by atomic mass is 9.91. The van der Waals surface area contributed by atoms with Crippen molar-refractivity contribution < 1.29 is 23.6 Å². The molecule has 0 aliphatic carbocycles. The third-order valence-corrected chi connectivity index (χ3v) is 5.91. The van der Waals surface area contributed by atoms with Crippen molar-refractivity contribution in [3.63, 3.8) is 0 Å². The van der Waals surface area contributed by atoms with Crippen molar-refractivity contribution in [2.45, 2.75) is 44.6 Å². The molecule has 31 heavy (non-hydrogen) atoms. The molecule has 2 aromatic rings. The molecule has 4 rings (SSSR count). The highest BCUT2D eigenvalue weighted by molar-refractivity contribution is 5.93. The third-order valence-electron chi connectivity index (χ3n) is 5.91. The standard InChI is InChI=1S/C23H29N3O5/c1-2-18-15-19(25-31-18)21(27)26-12-14-30-23(16-26)10-6-5-8-17-7-3-4-9-20(17)29-13-11-24-22(23)28/h3-4,7,9,15H,2,5-6,8,10-14,16H2,1H3,(H,24,28). The van der Waals surface area contributed by atoms with E-state index >= 15 is 0 Å². The molecule has 0 bridgehead atoms. The number of ether oxygens (including phenoxy) is 2. The molecule has 1 fully saturated rings. The van der Waals surface area contributed by atoms with Crippen molar-refractivity contribution in [3.05, 3.63) is 47.3 Å². The molecule has 1 saturated heterocycles. The van der Waals surface area contributed by atoms with Crippen LogP contribution in [-0.4, -0.2) is 60.3 Å². The van der Waals surface area contributed by atoms with Crippen molar-refractivity contribution in [1.29, 1.82) is 0 Å². The highest BCUT2D eigenvalue weighted by Crippen LogP contribution is 2.28. The van der Waals surface area contributed by atoms with Crippen LogP contribution in [0, 0.1) is 0 Å². The molecule has 0 saturated carbocycles. The Balaban J connectivity index is 1.49. The van der Waals surface area contributed by atoms with E-state index in [4.69, 9.17) is 14.0 Å². The topological polar surface area (TPSA) is 93.9 Å². The summed E-state index contributed by atoms with van der Waals surface area (Å²) in [5, 5.41) is 6.84. The van der Waals surface area contributed by atoms with E-state index in [0.29, 0.717) is 44.9 Å². The van der Waals surface area contributed by atoms with E-state index in [-0.39, 0.29) is 24.1 Å². The maximum Gasteiger partial charge on any atom is 0.276 e. The molecule has 8 nitrogen and oxygen atoms in total. The minimum absolute atomic E-state index is 0.197.